The van der Waals surface area contributed by atoms with Crippen LogP contribution in [-0.2, 0) is 19.6 Å². The Morgan fingerprint density at radius 3 is 2.47 bits per heavy atom. The molecule has 0 saturated heterocycles. The summed E-state index contributed by atoms with van der Waals surface area (Å²) in [5.74, 6) is 0.271. The van der Waals surface area contributed by atoms with Crippen LogP contribution >= 0.6 is 0 Å². The number of carbonyl (C=O) groups excluding carboxylic acids is 2. The molecule has 1 atom stereocenters. The number of fused-ring (bicyclic) bond motifs is 1. The van der Waals surface area contributed by atoms with E-state index in [1.807, 2.05) is 25.1 Å². The van der Waals surface area contributed by atoms with Crippen molar-refractivity contribution in [2.45, 2.75) is 44.0 Å². The van der Waals surface area contributed by atoms with Gasteiger partial charge in [0.15, 0.2) is 11.5 Å². The number of ether oxygens (including phenoxy) is 2. The fourth-order valence-electron chi connectivity index (χ4n) is 3.52. The van der Waals surface area contributed by atoms with E-state index >= 15 is 0 Å². The number of hydrogen-bond acceptors (Lipinski definition) is 6. The van der Waals surface area contributed by atoms with E-state index in [9.17, 15) is 18.0 Å². The summed E-state index contributed by atoms with van der Waals surface area (Å²) in [6, 6.07) is 12.7. The van der Waals surface area contributed by atoms with E-state index in [1.165, 1.54) is 17.0 Å². The molecule has 2 aromatic rings. The predicted molar refractivity (Wildman–Crippen MR) is 128 cm³/mol. The lowest BCUT2D eigenvalue weighted by atomic mass is 10.2. The monoisotopic (exact) mass is 489 g/mol. The molecule has 1 aliphatic rings. The maximum atomic E-state index is 12.9. The number of anilines is 1. The second-order valence-electron chi connectivity index (χ2n) is 7.93. The smallest absolute Gasteiger partial charge is 0.246 e. The summed E-state index contributed by atoms with van der Waals surface area (Å²) in [4.78, 5) is 27.0. The number of benzene rings is 2. The van der Waals surface area contributed by atoms with Gasteiger partial charge in [0.25, 0.3) is 0 Å². The van der Waals surface area contributed by atoms with E-state index in [2.05, 4.69) is 10.0 Å². The predicted octanol–water partition coefficient (Wildman–Crippen LogP) is 2.78. The summed E-state index contributed by atoms with van der Waals surface area (Å²) in [5.41, 5.74) is 0.645. The Balaban J connectivity index is 1.59. The summed E-state index contributed by atoms with van der Waals surface area (Å²) in [5, 5.41) is 2.80. The van der Waals surface area contributed by atoms with Crippen LogP contribution in [0.25, 0.3) is 0 Å². The molecule has 1 unspecified atom stereocenters. The van der Waals surface area contributed by atoms with Gasteiger partial charge in [0.05, 0.1) is 18.1 Å². The lowest BCUT2D eigenvalue weighted by Gasteiger charge is -2.28. The Labute approximate surface area is 200 Å². The molecule has 2 aromatic carbocycles. The first-order valence-electron chi connectivity index (χ1n) is 11.4. The maximum absolute atomic E-state index is 12.9. The van der Waals surface area contributed by atoms with Gasteiger partial charge in [-0.15, -0.1) is 0 Å². The van der Waals surface area contributed by atoms with Crippen LogP contribution in [0.3, 0.4) is 0 Å². The molecule has 2 N–H and O–H groups in total. The summed E-state index contributed by atoms with van der Waals surface area (Å²) in [6.45, 7) is 4.82. The Morgan fingerprint density at radius 2 is 1.76 bits per heavy atom. The quantitative estimate of drug-likeness (QED) is 0.531. The second kappa shape index (κ2) is 11.8. The summed E-state index contributed by atoms with van der Waals surface area (Å²) in [7, 11) is -3.85. The summed E-state index contributed by atoms with van der Waals surface area (Å²) < 4.78 is 39.0. The van der Waals surface area contributed by atoms with Crippen molar-refractivity contribution >= 4 is 27.5 Å². The number of hydrogen-bond donors (Lipinski definition) is 2. The largest absolute Gasteiger partial charge is 0.490 e. The number of para-hydroxylation sites is 1. The van der Waals surface area contributed by atoms with Crippen molar-refractivity contribution in [2.75, 3.05) is 31.6 Å². The van der Waals surface area contributed by atoms with Crippen molar-refractivity contribution < 1.29 is 27.5 Å². The van der Waals surface area contributed by atoms with Crippen LogP contribution in [0.2, 0.25) is 0 Å². The fourth-order valence-corrected chi connectivity index (χ4v) is 4.56. The number of sulfonamides is 1. The van der Waals surface area contributed by atoms with Crippen molar-refractivity contribution in [2.24, 2.45) is 0 Å². The summed E-state index contributed by atoms with van der Waals surface area (Å²) >= 11 is 0. The van der Waals surface area contributed by atoms with Crippen molar-refractivity contribution in [3.05, 3.63) is 48.5 Å². The van der Waals surface area contributed by atoms with Crippen LogP contribution < -0.4 is 19.5 Å². The van der Waals surface area contributed by atoms with E-state index in [1.54, 1.807) is 25.1 Å². The Bertz CT molecular complexity index is 1090. The molecule has 184 valence electrons. The molecule has 0 aromatic heterocycles. The highest BCUT2D eigenvalue weighted by Gasteiger charge is 2.26. The lowest BCUT2D eigenvalue weighted by Crippen LogP contribution is -2.46. The van der Waals surface area contributed by atoms with Gasteiger partial charge >= 0.3 is 0 Å². The molecule has 0 aliphatic carbocycles. The molecule has 9 nitrogen and oxygen atoms in total. The van der Waals surface area contributed by atoms with E-state index in [4.69, 9.17) is 9.47 Å². The third-order valence-corrected chi connectivity index (χ3v) is 6.79. The minimum absolute atomic E-state index is 0.0326. The van der Waals surface area contributed by atoms with Gasteiger partial charge in [-0.3, -0.25) is 9.59 Å². The second-order valence-corrected chi connectivity index (χ2v) is 9.69. The molecule has 2 amide bonds. The number of nitrogens with one attached hydrogen (secondary N) is 2. The van der Waals surface area contributed by atoms with Crippen molar-refractivity contribution in [1.82, 2.24) is 9.62 Å². The first kappa shape index (κ1) is 25.5. The molecule has 3 rings (SSSR count). The maximum Gasteiger partial charge on any atom is 0.246 e. The normalized spacial score (nSPS) is 14.1. The Hall–Kier alpha value is -3.11. The first-order chi connectivity index (χ1) is 16.3. The molecule has 1 heterocycles. The minimum Gasteiger partial charge on any atom is -0.490 e. The van der Waals surface area contributed by atoms with Crippen molar-refractivity contribution in [3.8, 4) is 11.5 Å². The number of rotatable bonds is 10. The lowest BCUT2D eigenvalue weighted by molar-refractivity contribution is -0.138. The summed E-state index contributed by atoms with van der Waals surface area (Å²) in [6.07, 6.45) is 1.30. The van der Waals surface area contributed by atoms with Crippen LogP contribution in [0.4, 0.5) is 5.69 Å². The van der Waals surface area contributed by atoms with Gasteiger partial charge in [0, 0.05) is 37.7 Å². The Morgan fingerprint density at radius 1 is 1.06 bits per heavy atom. The molecule has 0 bridgehead atoms. The number of amides is 2. The number of nitrogens with zero attached hydrogens (tertiary/aromatic N) is 1. The molecule has 0 radical (unpaired) electrons. The average molecular weight is 490 g/mol. The molecule has 0 spiro atoms. The van der Waals surface area contributed by atoms with E-state index in [0.717, 1.165) is 0 Å². The molecule has 10 heteroatoms. The van der Waals surface area contributed by atoms with E-state index < -0.39 is 16.1 Å². The fraction of sp³-hybridized carbons (Fsp3) is 0.417. The molecule has 0 fully saturated rings. The highest BCUT2D eigenvalue weighted by atomic mass is 32.2. The van der Waals surface area contributed by atoms with Crippen LogP contribution in [0, 0.1) is 0 Å². The third-order valence-electron chi connectivity index (χ3n) is 5.33. The van der Waals surface area contributed by atoms with Gasteiger partial charge in [0.1, 0.15) is 6.04 Å². The molecule has 34 heavy (non-hydrogen) atoms. The van der Waals surface area contributed by atoms with E-state index in [-0.39, 0.29) is 29.7 Å². The van der Waals surface area contributed by atoms with E-state index in [0.29, 0.717) is 49.8 Å². The van der Waals surface area contributed by atoms with Gasteiger partial charge in [-0.1, -0.05) is 25.1 Å². The van der Waals surface area contributed by atoms with Gasteiger partial charge in [-0.25, -0.2) is 13.1 Å². The zero-order valence-electron chi connectivity index (χ0n) is 19.5. The van der Waals surface area contributed by atoms with Crippen LogP contribution in [0.5, 0.6) is 11.5 Å². The zero-order chi connectivity index (χ0) is 24.6. The highest BCUT2D eigenvalue weighted by Crippen LogP contribution is 2.31. The van der Waals surface area contributed by atoms with Crippen molar-refractivity contribution in [1.29, 1.82) is 0 Å². The third kappa shape index (κ3) is 6.71. The van der Waals surface area contributed by atoms with Crippen LogP contribution in [0.1, 0.15) is 33.1 Å². The minimum atomic E-state index is -3.85. The molecule has 0 saturated carbocycles. The van der Waals surface area contributed by atoms with Crippen LogP contribution in [-0.4, -0.2) is 57.5 Å². The molecular formula is C24H31N3O6S. The van der Waals surface area contributed by atoms with Crippen molar-refractivity contribution in [3.63, 3.8) is 0 Å². The van der Waals surface area contributed by atoms with Gasteiger partial charge < -0.3 is 19.7 Å². The van der Waals surface area contributed by atoms with Gasteiger partial charge in [0.2, 0.25) is 21.8 Å². The number of carbonyl (C=O) groups is 2. The highest BCUT2D eigenvalue weighted by molar-refractivity contribution is 7.89. The standard InChI is InChI=1S/C24H31N3O6S/c1-3-14-27(18(2)24(29)26-19-8-5-4-6-9-19)23(28)12-13-25-34(30,31)20-10-11-21-22(17-20)33-16-7-15-32-21/h4-6,8-11,17-18,25H,3,7,12-16H2,1-2H3,(H,26,29). The average Bonchev–Trinajstić information content (AvgIpc) is 3.07. The SMILES string of the molecule is CCCN(C(=O)CCNS(=O)(=O)c1ccc2c(c1)OCCCO2)C(C)C(=O)Nc1ccccc1. The zero-order valence-corrected chi connectivity index (χ0v) is 20.3. The molecular weight excluding hydrogens is 458 g/mol. The first-order valence-corrected chi connectivity index (χ1v) is 12.8. The van der Waals surface area contributed by atoms with Gasteiger partial charge in [-0.05, 0) is 37.6 Å². The Kier molecular flexibility index (Phi) is 8.89. The topological polar surface area (TPSA) is 114 Å². The van der Waals surface area contributed by atoms with Gasteiger partial charge in [-0.2, -0.15) is 0 Å². The molecule has 1 aliphatic heterocycles. The van der Waals surface area contributed by atoms with Crippen LogP contribution in [0.15, 0.2) is 53.4 Å².